The van der Waals surface area contributed by atoms with Crippen LogP contribution in [0.4, 0.5) is 0 Å². The van der Waals surface area contributed by atoms with Crippen molar-refractivity contribution in [3.63, 3.8) is 0 Å². The minimum Gasteiger partial charge on any atom is -0.462 e. The van der Waals surface area contributed by atoms with Gasteiger partial charge >= 0.3 is 17.9 Å². The maximum absolute atomic E-state index is 12.8. The summed E-state index contributed by atoms with van der Waals surface area (Å²) in [5.41, 5.74) is 0. The minimum absolute atomic E-state index is 0.0627. The van der Waals surface area contributed by atoms with Crippen LogP contribution in [0.3, 0.4) is 0 Å². The van der Waals surface area contributed by atoms with E-state index in [9.17, 15) is 14.4 Å². The Labute approximate surface area is 406 Å². The first-order valence-corrected chi connectivity index (χ1v) is 29.2. The second-order valence-corrected chi connectivity index (χ2v) is 21.2. The van der Waals surface area contributed by atoms with E-state index in [1.807, 2.05) is 0 Å². The van der Waals surface area contributed by atoms with Gasteiger partial charge < -0.3 is 14.2 Å². The van der Waals surface area contributed by atoms with Gasteiger partial charge in [-0.15, -0.1) is 0 Å². The summed E-state index contributed by atoms with van der Waals surface area (Å²) in [5, 5.41) is 0. The van der Waals surface area contributed by atoms with Gasteiger partial charge in [-0.2, -0.15) is 0 Å². The van der Waals surface area contributed by atoms with E-state index in [4.69, 9.17) is 14.2 Å². The molecule has 0 bridgehead atoms. The highest BCUT2D eigenvalue weighted by molar-refractivity contribution is 5.71. The van der Waals surface area contributed by atoms with Crippen LogP contribution >= 0.6 is 0 Å². The van der Waals surface area contributed by atoms with E-state index >= 15 is 0 Å². The summed E-state index contributed by atoms with van der Waals surface area (Å²) in [7, 11) is 0. The molecule has 0 amide bonds. The van der Waals surface area contributed by atoms with Crippen molar-refractivity contribution in [1.82, 2.24) is 0 Å². The third-order valence-corrected chi connectivity index (χ3v) is 13.5. The molecule has 0 aromatic carbocycles. The molecule has 6 nitrogen and oxygen atoms in total. The van der Waals surface area contributed by atoms with Gasteiger partial charge in [-0.05, 0) is 31.1 Å². The zero-order valence-electron chi connectivity index (χ0n) is 44.6. The van der Waals surface area contributed by atoms with Gasteiger partial charge in [0, 0.05) is 19.3 Å². The fourth-order valence-corrected chi connectivity index (χ4v) is 9.05. The summed E-state index contributed by atoms with van der Waals surface area (Å²) in [6.07, 6.45) is 55.3. The van der Waals surface area contributed by atoms with Crippen LogP contribution in [0.5, 0.6) is 0 Å². The number of hydrogen-bond donors (Lipinski definition) is 0. The van der Waals surface area contributed by atoms with Gasteiger partial charge in [0.2, 0.25) is 0 Å². The molecule has 0 spiro atoms. The second kappa shape index (κ2) is 51.8. The summed E-state index contributed by atoms with van der Waals surface area (Å²) in [6.45, 7) is 11.4. The SMILES string of the molecule is CCCCCCCCCCCC(=O)OC[C@@H](COC(=O)CCCCCCCCCCCCCCCCC(C)C)OC(=O)CCCCCCCCCCCCCCCCCCCCC(C)C. The molecule has 0 heterocycles. The largest absolute Gasteiger partial charge is 0.462 e. The lowest BCUT2D eigenvalue weighted by Gasteiger charge is -2.18. The molecule has 0 fully saturated rings. The molecule has 0 N–H and O–H groups in total. The number of carbonyl (C=O) groups excluding carboxylic acids is 3. The van der Waals surface area contributed by atoms with Crippen LogP contribution in [0.15, 0.2) is 0 Å². The fraction of sp³-hybridized carbons (Fsp3) is 0.949. The van der Waals surface area contributed by atoms with Crippen LogP contribution in [0, 0.1) is 11.8 Å². The van der Waals surface area contributed by atoms with Crippen molar-refractivity contribution >= 4 is 17.9 Å². The molecule has 65 heavy (non-hydrogen) atoms. The number of carbonyl (C=O) groups is 3. The average Bonchev–Trinajstić information content (AvgIpc) is 3.28. The van der Waals surface area contributed by atoms with Crippen LogP contribution < -0.4 is 0 Å². The summed E-state index contributed by atoms with van der Waals surface area (Å²) >= 11 is 0. The Hall–Kier alpha value is -1.59. The second-order valence-electron chi connectivity index (χ2n) is 21.2. The Morgan fingerprint density at radius 1 is 0.292 bits per heavy atom. The van der Waals surface area contributed by atoms with Gasteiger partial charge in [-0.25, -0.2) is 0 Å². The van der Waals surface area contributed by atoms with Crippen molar-refractivity contribution in [1.29, 1.82) is 0 Å². The van der Waals surface area contributed by atoms with Gasteiger partial charge in [0.1, 0.15) is 13.2 Å². The molecule has 0 rings (SSSR count). The monoisotopic (exact) mass is 919 g/mol. The van der Waals surface area contributed by atoms with Crippen LogP contribution in [0.2, 0.25) is 0 Å². The van der Waals surface area contributed by atoms with Crippen LogP contribution in [-0.4, -0.2) is 37.2 Å². The molecule has 0 aliphatic rings. The number of ether oxygens (including phenoxy) is 3. The average molecular weight is 920 g/mol. The normalized spacial score (nSPS) is 12.0. The van der Waals surface area contributed by atoms with Crippen molar-refractivity contribution < 1.29 is 28.6 Å². The van der Waals surface area contributed by atoms with Gasteiger partial charge in [0.25, 0.3) is 0 Å². The number of esters is 3. The zero-order chi connectivity index (χ0) is 47.5. The first-order valence-electron chi connectivity index (χ1n) is 29.2. The topological polar surface area (TPSA) is 78.9 Å². The van der Waals surface area contributed by atoms with E-state index in [1.165, 1.54) is 218 Å². The number of rotatable bonds is 53. The fourth-order valence-electron chi connectivity index (χ4n) is 9.05. The minimum atomic E-state index is -0.762. The summed E-state index contributed by atoms with van der Waals surface area (Å²) in [5.74, 6) is 0.862. The molecular formula is C59H114O6. The summed E-state index contributed by atoms with van der Waals surface area (Å²) in [6, 6.07) is 0. The number of hydrogen-bond acceptors (Lipinski definition) is 6. The molecule has 0 aromatic heterocycles. The van der Waals surface area contributed by atoms with Crippen LogP contribution in [0.25, 0.3) is 0 Å². The third kappa shape index (κ3) is 53.2. The van der Waals surface area contributed by atoms with Crippen LogP contribution in [-0.2, 0) is 28.6 Å². The molecule has 386 valence electrons. The van der Waals surface area contributed by atoms with Gasteiger partial charge in [0.05, 0.1) is 0 Å². The smallest absolute Gasteiger partial charge is 0.306 e. The van der Waals surface area contributed by atoms with Crippen molar-refractivity contribution in [2.24, 2.45) is 11.8 Å². The van der Waals surface area contributed by atoms with Gasteiger partial charge in [0.15, 0.2) is 6.10 Å². The van der Waals surface area contributed by atoms with Crippen molar-refractivity contribution in [3.8, 4) is 0 Å². The van der Waals surface area contributed by atoms with Crippen molar-refractivity contribution in [3.05, 3.63) is 0 Å². The summed E-state index contributed by atoms with van der Waals surface area (Å²) in [4.78, 5) is 38.0. The molecule has 0 radical (unpaired) electrons. The van der Waals surface area contributed by atoms with E-state index in [0.29, 0.717) is 19.3 Å². The Balaban J connectivity index is 4.19. The maximum Gasteiger partial charge on any atom is 0.306 e. The molecule has 0 aliphatic heterocycles. The Bertz CT molecular complexity index is 993. The number of unbranched alkanes of at least 4 members (excludes halogenated alkanes) is 38. The molecule has 1 atom stereocenters. The van der Waals surface area contributed by atoms with E-state index in [0.717, 1.165) is 69.6 Å². The highest BCUT2D eigenvalue weighted by atomic mass is 16.6. The zero-order valence-corrected chi connectivity index (χ0v) is 44.6. The first kappa shape index (κ1) is 63.4. The van der Waals surface area contributed by atoms with Crippen molar-refractivity contribution in [2.75, 3.05) is 13.2 Å². The van der Waals surface area contributed by atoms with E-state index in [-0.39, 0.29) is 31.1 Å². The lowest BCUT2D eigenvalue weighted by Crippen LogP contribution is -2.30. The van der Waals surface area contributed by atoms with Crippen molar-refractivity contribution in [2.45, 2.75) is 336 Å². The molecule has 0 aliphatic carbocycles. The highest BCUT2D eigenvalue weighted by Crippen LogP contribution is 2.18. The summed E-state index contributed by atoms with van der Waals surface area (Å²) < 4.78 is 16.9. The molecule has 6 heteroatoms. The molecule has 0 saturated heterocycles. The molecule has 0 unspecified atom stereocenters. The predicted octanol–water partition coefficient (Wildman–Crippen LogP) is 19.3. The quantitative estimate of drug-likeness (QED) is 0.0344. The third-order valence-electron chi connectivity index (χ3n) is 13.5. The predicted molar refractivity (Wildman–Crippen MR) is 280 cm³/mol. The van der Waals surface area contributed by atoms with E-state index < -0.39 is 6.10 Å². The van der Waals surface area contributed by atoms with Gasteiger partial charge in [-0.3, -0.25) is 14.4 Å². The molecular weight excluding hydrogens is 805 g/mol. The Kier molecular flexibility index (Phi) is 50.5. The Morgan fingerprint density at radius 3 is 0.754 bits per heavy atom. The standard InChI is InChI=1S/C59H114O6/c1-6-7-8-9-10-27-34-39-44-49-57(60)63-52-56(53-64-58(61)50-45-40-35-30-25-21-18-17-20-24-29-33-38-43-48-55(4)5)65-59(62)51-46-41-36-31-26-22-16-14-12-11-13-15-19-23-28-32-37-42-47-54(2)3/h54-56H,6-53H2,1-5H3/t56-/m0/s1. The van der Waals surface area contributed by atoms with Crippen LogP contribution in [0.1, 0.15) is 330 Å². The molecule has 0 saturated carbocycles. The maximum atomic E-state index is 12.8. The lowest BCUT2D eigenvalue weighted by molar-refractivity contribution is -0.167. The van der Waals surface area contributed by atoms with E-state index in [2.05, 4.69) is 34.6 Å². The lowest BCUT2D eigenvalue weighted by atomic mass is 10.0. The van der Waals surface area contributed by atoms with E-state index in [1.54, 1.807) is 0 Å². The molecule has 0 aromatic rings. The highest BCUT2D eigenvalue weighted by Gasteiger charge is 2.19. The first-order chi connectivity index (χ1) is 31.7. The Morgan fingerprint density at radius 2 is 0.508 bits per heavy atom. The van der Waals surface area contributed by atoms with Gasteiger partial charge in [-0.1, -0.05) is 291 Å².